The normalized spacial score (nSPS) is 29.1. The molecule has 1 N–H and O–H groups in total. The molecule has 1 saturated carbocycles. The second-order valence-electron chi connectivity index (χ2n) is 3.57. The third kappa shape index (κ3) is 5.39. The zero-order chi connectivity index (χ0) is 12.2. The van der Waals surface area contributed by atoms with Crippen LogP contribution in [0.3, 0.4) is 0 Å². The minimum atomic E-state index is -4.52. The third-order valence-electron chi connectivity index (χ3n) is 2.19. The Labute approximate surface area is 91.7 Å². The van der Waals surface area contributed by atoms with Crippen molar-refractivity contribution in [3.63, 3.8) is 0 Å². The van der Waals surface area contributed by atoms with E-state index in [9.17, 15) is 17.6 Å². The average molecular weight is 264 g/mol. The van der Waals surface area contributed by atoms with Crippen molar-refractivity contribution in [2.75, 3.05) is 6.61 Å². The van der Waals surface area contributed by atoms with Gasteiger partial charge in [-0.25, -0.2) is 4.39 Å². The topological polar surface area (TPSA) is 38.7 Å². The summed E-state index contributed by atoms with van der Waals surface area (Å²) in [6.45, 7) is -1.58. The van der Waals surface area contributed by atoms with Crippen LogP contribution >= 0.6 is 8.60 Å². The van der Waals surface area contributed by atoms with Gasteiger partial charge in [0.1, 0.15) is 6.17 Å². The second kappa shape index (κ2) is 6.10. The quantitative estimate of drug-likeness (QED) is 0.626. The minimum Gasteiger partial charge on any atom is -0.328 e. The first-order valence-electron chi connectivity index (χ1n) is 4.88. The van der Waals surface area contributed by atoms with Crippen molar-refractivity contribution in [1.29, 1.82) is 0 Å². The molecule has 0 amide bonds. The highest BCUT2D eigenvalue weighted by atomic mass is 31.2. The number of rotatable bonds is 4. The van der Waals surface area contributed by atoms with E-state index < -0.39 is 33.7 Å². The predicted molar refractivity (Wildman–Crippen MR) is 49.4 cm³/mol. The molecule has 0 aromatic heterocycles. The summed E-state index contributed by atoms with van der Waals surface area (Å²) in [5, 5.41) is 0. The predicted octanol–water partition coefficient (Wildman–Crippen LogP) is 3.08. The molecule has 1 aliphatic carbocycles. The summed E-state index contributed by atoms with van der Waals surface area (Å²) in [6, 6.07) is 0. The Hall–Kier alpha value is 0.0300. The molecule has 0 spiro atoms. The first-order chi connectivity index (χ1) is 7.38. The van der Waals surface area contributed by atoms with E-state index in [0.29, 0.717) is 12.8 Å². The van der Waals surface area contributed by atoms with Crippen LogP contribution in [-0.4, -0.2) is 30.0 Å². The van der Waals surface area contributed by atoms with E-state index in [1.807, 2.05) is 0 Å². The molecule has 0 aromatic rings. The van der Waals surface area contributed by atoms with Gasteiger partial charge in [-0.2, -0.15) is 13.2 Å². The van der Waals surface area contributed by atoms with Gasteiger partial charge in [-0.05, 0) is 12.8 Å². The maximum Gasteiger partial charge on any atom is 0.412 e. The van der Waals surface area contributed by atoms with Crippen molar-refractivity contribution in [3.8, 4) is 0 Å². The van der Waals surface area contributed by atoms with Gasteiger partial charge in [-0.1, -0.05) is 12.8 Å². The van der Waals surface area contributed by atoms with E-state index in [-0.39, 0.29) is 0 Å². The standard InChI is InChI=1S/C8H13F4O3P/c9-6-3-1-2-4-7(6)15-16(13)14-5-8(10,11)12/h6-7,13H,1-5H2. The Bertz CT molecular complexity index is 214. The number of hydrogen-bond donors (Lipinski definition) is 1. The van der Waals surface area contributed by atoms with Crippen molar-refractivity contribution in [3.05, 3.63) is 0 Å². The first kappa shape index (κ1) is 14.1. The van der Waals surface area contributed by atoms with Crippen LogP contribution in [-0.2, 0) is 9.05 Å². The molecule has 16 heavy (non-hydrogen) atoms. The van der Waals surface area contributed by atoms with E-state index in [1.54, 1.807) is 0 Å². The highest BCUT2D eigenvalue weighted by Gasteiger charge is 2.32. The monoisotopic (exact) mass is 264 g/mol. The van der Waals surface area contributed by atoms with Gasteiger partial charge < -0.3 is 13.9 Å². The zero-order valence-electron chi connectivity index (χ0n) is 8.41. The van der Waals surface area contributed by atoms with Crippen LogP contribution < -0.4 is 0 Å². The van der Waals surface area contributed by atoms with Crippen LogP contribution in [0.15, 0.2) is 0 Å². The van der Waals surface area contributed by atoms with E-state index in [0.717, 1.165) is 12.8 Å². The van der Waals surface area contributed by atoms with Crippen LogP contribution in [0.4, 0.5) is 17.6 Å². The largest absolute Gasteiger partial charge is 0.412 e. The lowest BCUT2D eigenvalue weighted by molar-refractivity contribution is -0.156. The van der Waals surface area contributed by atoms with E-state index >= 15 is 0 Å². The fraction of sp³-hybridized carbons (Fsp3) is 1.00. The van der Waals surface area contributed by atoms with Crippen LogP contribution in [0.25, 0.3) is 0 Å². The van der Waals surface area contributed by atoms with Gasteiger partial charge in [0.05, 0.1) is 6.10 Å². The molecule has 3 unspecified atom stereocenters. The zero-order valence-corrected chi connectivity index (χ0v) is 9.31. The van der Waals surface area contributed by atoms with Gasteiger partial charge in [-0.3, -0.25) is 0 Å². The number of halogens is 4. The molecule has 0 aliphatic heterocycles. The smallest absolute Gasteiger partial charge is 0.328 e. The lowest BCUT2D eigenvalue weighted by atomic mass is 9.96. The fourth-order valence-corrected chi connectivity index (χ4v) is 2.23. The summed E-state index contributed by atoms with van der Waals surface area (Å²) >= 11 is 0. The van der Waals surface area contributed by atoms with Crippen LogP contribution in [0.5, 0.6) is 0 Å². The Morgan fingerprint density at radius 2 is 1.88 bits per heavy atom. The third-order valence-corrected chi connectivity index (χ3v) is 2.99. The van der Waals surface area contributed by atoms with Gasteiger partial charge in [0.2, 0.25) is 0 Å². The molecule has 0 heterocycles. The Balaban J connectivity index is 2.24. The van der Waals surface area contributed by atoms with Crippen molar-refractivity contribution in [2.24, 2.45) is 0 Å². The van der Waals surface area contributed by atoms with Crippen molar-refractivity contribution in [1.82, 2.24) is 0 Å². The molecule has 96 valence electrons. The lowest BCUT2D eigenvalue weighted by Crippen LogP contribution is -2.28. The summed E-state index contributed by atoms with van der Waals surface area (Å²) in [6.07, 6.45) is -4.42. The molecular formula is C8H13F4O3P. The average Bonchev–Trinajstić information content (AvgIpc) is 2.18. The summed E-state index contributed by atoms with van der Waals surface area (Å²) in [4.78, 5) is 9.04. The molecule has 0 radical (unpaired) electrons. The molecule has 8 heteroatoms. The molecular weight excluding hydrogens is 251 g/mol. The fourth-order valence-electron chi connectivity index (χ4n) is 1.45. The van der Waals surface area contributed by atoms with Crippen molar-refractivity contribution in [2.45, 2.75) is 44.1 Å². The number of hydrogen-bond acceptors (Lipinski definition) is 3. The van der Waals surface area contributed by atoms with E-state index in [1.165, 1.54) is 0 Å². The second-order valence-corrected chi connectivity index (χ2v) is 4.52. The van der Waals surface area contributed by atoms with Gasteiger partial charge >= 0.3 is 14.8 Å². The molecule has 0 bridgehead atoms. The van der Waals surface area contributed by atoms with Gasteiger partial charge in [0.15, 0.2) is 6.61 Å². The minimum absolute atomic E-state index is 0.313. The molecule has 3 nitrogen and oxygen atoms in total. The SMILES string of the molecule is OP(OCC(F)(F)F)OC1CCCCC1F. The highest BCUT2D eigenvalue weighted by molar-refractivity contribution is 7.40. The lowest BCUT2D eigenvalue weighted by Gasteiger charge is -2.26. The number of alkyl halides is 4. The summed E-state index contributed by atoms with van der Waals surface area (Å²) in [5.41, 5.74) is 0. The molecule has 0 saturated heterocycles. The van der Waals surface area contributed by atoms with Gasteiger partial charge in [0, 0.05) is 0 Å². The van der Waals surface area contributed by atoms with E-state index in [4.69, 9.17) is 9.42 Å². The summed E-state index contributed by atoms with van der Waals surface area (Å²) in [7, 11) is -2.65. The summed E-state index contributed by atoms with van der Waals surface area (Å²) in [5.74, 6) is 0. The maximum atomic E-state index is 13.2. The van der Waals surface area contributed by atoms with Gasteiger partial charge in [0.25, 0.3) is 0 Å². The Morgan fingerprint density at radius 3 is 2.44 bits per heavy atom. The molecule has 1 rings (SSSR count). The maximum absolute atomic E-state index is 13.2. The van der Waals surface area contributed by atoms with E-state index in [2.05, 4.69) is 4.52 Å². The van der Waals surface area contributed by atoms with Crippen LogP contribution in [0, 0.1) is 0 Å². The molecule has 3 atom stereocenters. The molecule has 0 aromatic carbocycles. The van der Waals surface area contributed by atoms with Crippen LogP contribution in [0.1, 0.15) is 25.7 Å². The highest BCUT2D eigenvalue weighted by Crippen LogP contribution is 2.40. The molecule has 1 fully saturated rings. The molecule has 1 aliphatic rings. The van der Waals surface area contributed by atoms with Gasteiger partial charge in [-0.15, -0.1) is 0 Å². The first-order valence-corrected chi connectivity index (χ1v) is 6.01. The Kier molecular flexibility index (Phi) is 5.37. The van der Waals surface area contributed by atoms with Crippen molar-refractivity contribution < 1.29 is 31.5 Å². The summed E-state index contributed by atoms with van der Waals surface area (Å²) < 4.78 is 57.1. The van der Waals surface area contributed by atoms with Crippen LogP contribution in [0.2, 0.25) is 0 Å². The Morgan fingerprint density at radius 1 is 1.25 bits per heavy atom. The van der Waals surface area contributed by atoms with Crippen molar-refractivity contribution >= 4 is 8.60 Å².